The van der Waals surface area contributed by atoms with E-state index in [1.807, 2.05) is 39.2 Å². The summed E-state index contributed by atoms with van der Waals surface area (Å²) >= 11 is 0. The average molecular weight is 348 g/mol. The van der Waals surface area contributed by atoms with E-state index in [-0.39, 0.29) is 18.5 Å². The summed E-state index contributed by atoms with van der Waals surface area (Å²) in [6.07, 6.45) is 1.62. The maximum atomic E-state index is 14.1. The number of hydrogen-bond acceptors (Lipinski definition) is 1. The van der Waals surface area contributed by atoms with Gasteiger partial charge in [0.15, 0.2) is 0 Å². The van der Waals surface area contributed by atoms with Gasteiger partial charge in [-0.1, -0.05) is 19.9 Å². The molecule has 0 bridgehead atoms. The smallest absolute Gasteiger partial charge is 0.268 e. The molecule has 0 aliphatic carbocycles. The normalized spacial score (nSPS) is 12.3. The molecule has 0 fully saturated rings. The van der Waals surface area contributed by atoms with E-state index in [1.54, 1.807) is 0 Å². The summed E-state index contributed by atoms with van der Waals surface area (Å²) in [5.74, 6) is -1.36. The zero-order valence-electron chi connectivity index (χ0n) is 15.5. The molecule has 0 aliphatic rings. The molecule has 0 unspecified atom stereocenters. The summed E-state index contributed by atoms with van der Waals surface area (Å²) < 4.78 is 29.1. The fourth-order valence-electron chi connectivity index (χ4n) is 3.17. The molecule has 5 heteroatoms. The number of benzene rings is 1. The van der Waals surface area contributed by atoms with Crippen molar-refractivity contribution in [3.63, 3.8) is 0 Å². The molecule has 1 amide bonds. The molecule has 2 rings (SSSR count). The summed E-state index contributed by atoms with van der Waals surface area (Å²) in [5, 5.41) is 2.99. The maximum absolute atomic E-state index is 14.1. The highest BCUT2D eigenvalue weighted by Gasteiger charge is 2.23. The van der Waals surface area contributed by atoms with Crippen LogP contribution in [0.2, 0.25) is 0 Å². The molecule has 1 atom stereocenters. The van der Waals surface area contributed by atoms with Gasteiger partial charge in [0.05, 0.1) is 6.54 Å². The first-order valence-electron chi connectivity index (χ1n) is 8.73. The lowest BCUT2D eigenvalue weighted by Gasteiger charge is -2.16. The largest absolute Gasteiger partial charge is 0.348 e. The van der Waals surface area contributed by atoms with Gasteiger partial charge in [0, 0.05) is 23.4 Å². The fourth-order valence-corrected chi connectivity index (χ4v) is 3.17. The second kappa shape index (κ2) is 7.81. The van der Waals surface area contributed by atoms with Gasteiger partial charge in [-0.25, -0.2) is 8.78 Å². The Morgan fingerprint density at radius 1 is 1.24 bits per heavy atom. The molecule has 1 heterocycles. The van der Waals surface area contributed by atoms with Gasteiger partial charge in [0.2, 0.25) is 0 Å². The minimum absolute atomic E-state index is 0.0585. The second-order valence-corrected chi connectivity index (χ2v) is 6.50. The number of rotatable bonds is 6. The van der Waals surface area contributed by atoms with Crippen molar-refractivity contribution in [3.8, 4) is 0 Å². The van der Waals surface area contributed by atoms with Gasteiger partial charge < -0.3 is 9.88 Å². The first kappa shape index (κ1) is 19.2. The summed E-state index contributed by atoms with van der Waals surface area (Å²) in [6.45, 7) is 10.1. The minimum atomic E-state index is -0.606. The predicted octanol–water partition coefficient (Wildman–Crippen LogP) is 4.52. The molecule has 25 heavy (non-hydrogen) atoms. The van der Waals surface area contributed by atoms with Crippen LogP contribution < -0.4 is 5.32 Å². The molecular formula is C20H26F2N2O. The summed E-state index contributed by atoms with van der Waals surface area (Å²) in [4.78, 5) is 12.8. The summed E-state index contributed by atoms with van der Waals surface area (Å²) in [7, 11) is 0. The van der Waals surface area contributed by atoms with Crippen molar-refractivity contribution < 1.29 is 13.6 Å². The highest BCUT2D eigenvalue weighted by molar-refractivity contribution is 5.95. The van der Waals surface area contributed by atoms with E-state index in [0.717, 1.165) is 35.7 Å². The van der Waals surface area contributed by atoms with Gasteiger partial charge in [-0.2, -0.15) is 0 Å². The topological polar surface area (TPSA) is 34.0 Å². The van der Waals surface area contributed by atoms with Crippen LogP contribution in [0.15, 0.2) is 18.2 Å². The van der Waals surface area contributed by atoms with Gasteiger partial charge in [0.1, 0.15) is 17.3 Å². The minimum Gasteiger partial charge on any atom is -0.348 e. The van der Waals surface area contributed by atoms with Crippen molar-refractivity contribution in [1.29, 1.82) is 0 Å². The second-order valence-electron chi connectivity index (χ2n) is 6.50. The first-order valence-corrected chi connectivity index (χ1v) is 8.73. The van der Waals surface area contributed by atoms with E-state index in [1.165, 1.54) is 12.1 Å². The Hall–Kier alpha value is -2.17. The number of hydrogen-bond donors (Lipinski definition) is 1. The third-order valence-corrected chi connectivity index (χ3v) is 4.82. The van der Waals surface area contributed by atoms with Crippen LogP contribution in [0.1, 0.15) is 60.1 Å². The predicted molar refractivity (Wildman–Crippen MR) is 96.0 cm³/mol. The average Bonchev–Trinajstić information content (AvgIpc) is 2.79. The number of nitrogens with one attached hydrogen (secondary N) is 1. The SMILES string of the molecule is CCc1c(C)c(C(=O)N[C@H](C)CC)n(Cc2ccc(F)cc2F)c1C. The monoisotopic (exact) mass is 348 g/mol. The van der Waals surface area contributed by atoms with Crippen LogP contribution in [0.4, 0.5) is 8.78 Å². The Kier molecular flexibility index (Phi) is 5.98. The number of amides is 1. The summed E-state index contributed by atoms with van der Waals surface area (Å²) in [6, 6.07) is 3.61. The van der Waals surface area contributed by atoms with Crippen LogP contribution in [-0.2, 0) is 13.0 Å². The third kappa shape index (κ3) is 3.91. The number of carbonyl (C=O) groups excluding carboxylic acids is 1. The van der Waals surface area contributed by atoms with E-state index >= 15 is 0 Å². The van der Waals surface area contributed by atoms with E-state index in [0.29, 0.717) is 11.3 Å². The van der Waals surface area contributed by atoms with Crippen molar-refractivity contribution in [2.45, 2.75) is 60.0 Å². The zero-order valence-corrected chi connectivity index (χ0v) is 15.5. The van der Waals surface area contributed by atoms with Crippen molar-refractivity contribution >= 4 is 5.91 Å². The van der Waals surface area contributed by atoms with Crippen molar-refractivity contribution in [1.82, 2.24) is 9.88 Å². The highest BCUT2D eigenvalue weighted by atomic mass is 19.1. The Morgan fingerprint density at radius 3 is 2.48 bits per heavy atom. The molecular weight excluding hydrogens is 322 g/mol. The first-order chi connectivity index (χ1) is 11.8. The van der Waals surface area contributed by atoms with Gasteiger partial charge in [-0.15, -0.1) is 0 Å². The van der Waals surface area contributed by atoms with E-state index < -0.39 is 11.6 Å². The van der Waals surface area contributed by atoms with E-state index in [2.05, 4.69) is 5.32 Å². The molecule has 0 spiro atoms. The van der Waals surface area contributed by atoms with Crippen LogP contribution in [-0.4, -0.2) is 16.5 Å². The van der Waals surface area contributed by atoms with E-state index in [9.17, 15) is 13.6 Å². The van der Waals surface area contributed by atoms with Crippen molar-refractivity contribution in [2.24, 2.45) is 0 Å². The van der Waals surface area contributed by atoms with E-state index in [4.69, 9.17) is 0 Å². The molecule has 136 valence electrons. The molecule has 3 nitrogen and oxygen atoms in total. The van der Waals surface area contributed by atoms with Crippen LogP contribution in [0.5, 0.6) is 0 Å². The zero-order chi connectivity index (χ0) is 18.7. The summed E-state index contributed by atoms with van der Waals surface area (Å²) in [5.41, 5.74) is 3.87. The lowest BCUT2D eigenvalue weighted by Crippen LogP contribution is -2.34. The maximum Gasteiger partial charge on any atom is 0.268 e. The lowest BCUT2D eigenvalue weighted by atomic mass is 10.1. The molecule has 2 aromatic rings. The van der Waals surface area contributed by atoms with Gasteiger partial charge in [0.25, 0.3) is 5.91 Å². The molecule has 0 saturated carbocycles. The Bertz CT molecular complexity index is 780. The van der Waals surface area contributed by atoms with Gasteiger partial charge in [-0.3, -0.25) is 4.79 Å². The van der Waals surface area contributed by atoms with Crippen molar-refractivity contribution in [3.05, 3.63) is 57.9 Å². The molecule has 0 saturated heterocycles. The van der Waals surface area contributed by atoms with Gasteiger partial charge in [-0.05, 0) is 50.8 Å². The van der Waals surface area contributed by atoms with Gasteiger partial charge >= 0.3 is 0 Å². The number of carbonyl (C=O) groups is 1. The van der Waals surface area contributed by atoms with Crippen molar-refractivity contribution in [2.75, 3.05) is 0 Å². The van der Waals surface area contributed by atoms with Crippen LogP contribution >= 0.6 is 0 Å². The van der Waals surface area contributed by atoms with Crippen LogP contribution in [0.3, 0.4) is 0 Å². The molecule has 0 radical (unpaired) electrons. The molecule has 1 aromatic carbocycles. The Balaban J connectivity index is 2.50. The lowest BCUT2D eigenvalue weighted by molar-refractivity contribution is 0.0929. The highest BCUT2D eigenvalue weighted by Crippen LogP contribution is 2.25. The van der Waals surface area contributed by atoms with Crippen LogP contribution in [0, 0.1) is 25.5 Å². The molecule has 1 N–H and O–H groups in total. The third-order valence-electron chi connectivity index (χ3n) is 4.82. The fraction of sp³-hybridized carbons (Fsp3) is 0.450. The van der Waals surface area contributed by atoms with Crippen LogP contribution in [0.25, 0.3) is 0 Å². The Labute approximate surface area is 148 Å². The molecule has 1 aromatic heterocycles. The number of aromatic nitrogens is 1. The molecule has 0 aliphatic heterocycles. The number of halogens is 2. The number of nitrogens with zero attached hydrogens (tertiary/aromatic N) is 1. The quantitative estimate of drug-likeness (QED) is 0.818. The Morgan fingerprint density at radius 2 is 1.92 bits per heavy atom. The standard InChI is InChI=1S/C20H26F2N2O/c1-6-12(3)23-20(25)19-13(4)17(7-2)14(5)24(19)11-15-8-9-16(21)10-18(15)22/h8-10,12H,6-7,11H2,1-5H3,(H,23,25)/t12-/m1/s1.